The van der Waals surface area contributed by atoms with E-state index < -0.39 is 17.2 Å². The second-order valence-corrected chi connectivity index (χ2v) is 4.05. The summed E-state index contributed by atoms with van der Waals surface area (Å²) in [4.78, 5) is 0. The first-order chi connectivity index (χ1) is 6.79. The molecule has 0 spiro atoms. The van der Waals surface area contributed by atoms with E-state index in [0.717, 1.165) is 6.07 Å². The van der Waals surface area contributed by atoms with Crippen molar-refractivity contribution < 1.29 is 8.78 Å². The van der Waals surface area contributed by atoms with Crippen LogP contribution in [0.25, 0.3) is 0 Å². The molecule has 0 radical (unpaired) electrons. The highest BCUT2D eigenvalue weighted by molar-refractivity contribution is 5.40. The van der Waals surface area contributed by atoms with Crippen LogP contribution in [0.1, 0.15) is 25.0 Å². The molecule has 0 atom stereocenters. The monoisotopic (exact) mass is 209 g/mol. The van der Waals surface area contributed by atoms with Crippen LogP contribution in [0.4, 0.5) is 8.78 Å². The third-order valence-corrected chi connectivity index (χ3v) is 1.77. The second kappa shape index (κ2) is 4.00. The number of rotatable bonds is 0. The Kier molecular flexibility index (Phi) is 3.11. The molecule has 0 saturated carbocycles. The van der Waals surface area contributed by atoms with Crippen LogP contribution in [0.15, 0.2) is 12.1 Å². The van der Waals surface area contributed by atoms with Gasteiger partial charge < -0.3 is 5.73 Å². The summed E-state index contributed by atoms with van der Waals surface area (Å²) in [5.41, 5.74) is 5.49. The van der Waals surface area contributed by atoms with E-state index in [0.29, 0.717) is 5.56 Å². The van der Waals surface area contributed by atoms with Crippen molar-refractivity contribution in [1.82, 2.24) is 0 Å². The molecule has 3 heteroatoms. The smallest absolute Gasteiger partial charge is 0.141 e. The summed E-state index contributed by atoms with van der Waals surface area (Å²) < 4.78 is 26.1. The Hall–Kier alpha value is -1.40. The van der Waals surface area contributed by atoms with Crippen molar-refractivity contribution in [3.63, 3.8) is 0 Å². The summed E-state index contributed by atoms with van der Waals surface area (Å²) >= 11 is 0. The van der Waals surface area contributed by atoms with Gasteiger partial charge in [-0.2, -0.15) is 0 Å². The van der Waals surface area contributed by atoms with Crippen LogP contribution < -0.4 is 5.73 Å². The Bertz CT molecular complexity index is 433. The van der Waals surface area contributed by atoms with Crippen molar-refractivity contribution in [2.75, 3.05) is 0 Å². The SMILES string of the molecule is Cc1cc(C#CC(C)(C)N)c(F)cc1F. The molecule has 15 heavy (non-hydrogen) atoms. The van der Waals surface area contributed by atoms with Gasteiger partial charge in [0.1, 0.15) is 11.6 Å². The van der Waals surface area contributed by atoms with Crippen LogP contribution in [0.2, 0.25) is 0 Å². The first-order valence-electron chi connectivity index (χ1n) is 4.57. The van der Waals surface area contributed by atoms with Gasteiger partial charge in [-0.3, -0.25) is 0 Å². The fourth-order valence-electron chi connectivity index (χ4n) is 0.981. The molecule has 0 aliphatic heterocycles. The van der Waals surface area contributed by atoms with Crippen LogP contribution >= 0.6 is 0 Å². The minimum atomic E-state index is -0.686. The third-order valence-electron chi connectivity index (χ3n) is 1.77. The summed E-state index contributed by atoms with van der Waals surface area (Å²) in [6.07, 6.45) is 0. The van der Waals surface area contributed by atoms with Gasteiger partial charge in [0.05, 0.1) is 11.1 Å². The van der Waals surface area contributed by atoms with E-state index in [1.807, 2.05) is 0 Å². The van der Waals surface area contributed by atoms with Gasteiger partial charge in [0.2, 0.25) is 0 Å². The molecule has 0 bridgehead atoms. The Labute approximate surface area is 88.3 Å². The molecule has 0 fully saturated rings. The zero-order chi connectivity index (χ0) is 11.6. The number of hydrogen-bond acceptors (Lipinski definition) is 1. The fraction of sp³-hybridized carbons (Fsp3) is 0.333. The predicted octanol–water partition coefficient (Wildman–Crippen LogP) is 2.36. The van der Waals surface area contributed by atoms with Gasteiger partial charge in [-0.05, 0) is 32.4 Å². The molecule has 0 aliphatic rings. The molecular formula is C12H13F2N. The lowest BCUT2D eigenvalue weighted by Crippen LogP contribution is -2.29. The molecule has 1 aromatic rings. The molecule has 1 nitrogen and oxygen atoms in total. The zero-order valence-corrected chi connectivity index (χ0v) is 8.99. The van der Waals surface area contributed by atoms with Crippen molar-refractivity contribution >= 4 is 0 Å². The van der Waals surface area contributed by atoms with Crippen molar-refractivity contribution in [1.29, 1.82) is 0 Å². The second-order valence-electron chi connectivity index (χ2n) is 4.05. The number of benzene rings is 1. The van der Waals surface area contributed by atoms with Crippen LogP contribution in [-0.2, 0) is 0 Å². The third kappa shape index (κ3) is 3.34. The average Bonchev–Trinajstić information content (AvgIpc) is 2.07. The van der Waals surface area contributed by atoms with Gasteiger partial charge in [-0.15, -0.1) is 0 Å². The number of nitrogens with two attached hydrogens (primary N) is 1. The average molecular weight is 209 g/mol. The summed E-state index contributed by atoms with van der Waals surface area (Å²) in [7, 11) is 0. The van der Waals surface area contributed by atoms with E-state index in [4.69, 9.17) is 5.73 Å². The van der Waals surface area contributed by atoms with Gasteiger partial charge in [-0.25, -0.2) is 8.78 Å². The van der Waals surface area contributed by atoms with Gasteiger partial charge >= 0.3 is 0 Å². The molecule has 0 amide bonds. The van der Waals surface area contributed by atoms with E-state index in [9.17, 15) is 8.78 Å². The molecular weight excluding hydrogens is 196 g/mol. The van der Waals surface area contributed by atoms with Crippen LogP contribution in [0, 0.1) is 30.4 Å². The Balaban J connectivity index is 3.15. The van der Waals surface area contributed by atoms with Crippen LogP contribution in [-0.4, -0.2) is 5.54 Å². The number of aryl methyl sites for hydroxylation is 1. The van der Waals surface area contributed by atoms with E-state index in [1.54, 1.807) is 20.8 Å². The summed E-state index contributed by atoms with van der Waals surface area (Å²) in [6.45, 7) is 5.00. The van der Waals surface area contributed by atoms with Crippen LogP contribution in [0.5, 0.6) is 0 Å². The predicted molar refractivity (Wildman–Crippen MR) is 56.2 cm³/mol. The topological polar surface area (TPSA) is 26.0 Å². The maximum atomic E-state index is 13.2. The Morgan fingerprint density at radius 2 is 1.80 bits per heavy atom. The first-order valence-corrected chi connectivity index (χ1v) is 4.57. The molecule has 0 unspecified atom stereocenters. The first kappa shape index (κ1) is 11.7. The van der Waals surface area contributed by atoms with Crippen molar-refractivity contribution in [2.24, 2.45) is 5.73 Å². The molecule has 1 aromatic carbocycles. The van der Waals surface area contributed by atoms with Crippen molar-refractivity contribution in [3.8, 4) is 11.8 Å². The minimum absolute atomic E-state index is 0.174. The van der Waals surface area contributed by atoms with Crippen molar-refractivity contribution in [3.05, 3.63) is 34.9 Å². The number of halogens is 2. The van der Waals surface area contributed by atoms with E-state index >= 15 is 0 Å². The zero-order valence-electron chi connectivity index (χ0n) is 8.99. The Morgan fingerprint density at radius 3 is 2.33 bits per heavy atom. The molecule has 0 heterocycles. The highest BCUT2D eigenvalue weighted by Gasteiger charge is 2.07. The summed E-state index contributed by atoms with van der Waals surface area (Å²) in [5.74, 6) is 4.07. The van der Waals surface area contributed by atoms with Gasteiger partial charge in [-0.1, -0.05) is 11.8 Å². The lowest BCUT2D eigenvalue weighted by Gasteiger charge is -2.07. The van der Waals surface area contributed by atoms with E-state index in [2.05, 4.69) is 11.8 Å². The number of hydrogen-bond donors (Lipinski definition) is 1. The van der Waals surface area contributed by atoms with E-state index in [1.165, 1.54) is 6.07 Å². The summed E-state index contributed by atoms with van der Waals surface area (Å²) in [6, 6.07) is 2.21. The van der Waals surface area contributed by atoms with Gasteiger partial charge in [0.15, 0.2) is 0 Å². The van der Waals surface area contributed by atoms with Crippen molar-refractivity contribution in [2.45, 2.75) is 26.3 Å². The van der Waals surface area contributed by atoms with E-state index in [-0.39, 0.29) is 5.56 Å². The lowest BCUT2D eigenvalue weighted by atomic mass is 10.1. The molecule has 0 saturated heterocycles. The summed E-state index contributed by atoms with van der Waals surface area (Å²) in [5, 5.41) is 0. The molecule has 2 N–H and O–H groups in total. The molecule has 1 rings (SSSR count). The normalized spacial score (nSPS) is 10.8. The Morgan fingerprint density at radius 1 is 1.20 bits per heavy atom. The molecule has 0 aromatic heterocycles. The lowest BCUT2D eigenvalue weighted by molar-refractivity contribution is 0.575. The fourth-order valence-corrected chi connectivity index (χ4v) is 0.981. The highest BCUT2D eigenvalue weighted by Crippen LogP contribution is 2.13. The van der Waals surface area contributed by atoms with Gasteiger partial charge in [0, 0.05) is 6.07 Å². The molecule has 80 valence electrons. The van der Waals surface area contributed by atoms with Gasteiger partial charge in [0.25, 0.3) is 0 Å². The molecule has 0 aliphatic carbocycles. The highest BCUT2D eigenvalue weighted by atomic mass is 19.1. The van der Waals surface area contributed by atoms with Crippen LogP contribution in [0.3, 0.4) is 0 Å². The maximum absolute atomic E-state index is 13.2. The minimum Gasteiger partial charge on any atom is -0.316 e. The standard InChI is InChI=1S/C12H13F2N/c1-8-6-9(4-5-12(2,3)15)11(14)7-10(8)13/h6-7H,15H2,1-3H3. The quantitative estimate of drug-likeness (QED) is 0.652. The maximum Gasteiger partial charge on any atom is 0.141 e. The largest absolute Gasteiger partial charge is 0.316 e.